The third-order valence-corrected chi connectivity index (χ3v) is 5.39. The number of unbranched alkanes of at least 4 members (excludes halogenated alkanes) is 1. The molecule has 1 aliphatic rings. The molecule has 0 saturated carbocycles. The second-order valence-electron chi connectivity index (χ2n) is 7.35. The minimum Gasteiger partial charge on any atom is -0.346 e. The van der Waals surface area contributed by atoms with E-state index in [0.717, 1.165) is 49.9 Å². The number of halogens is 1. The number of hydrogen-bond acceptors (Lipinski definition) is 2. The van der Waals surface area contributed by atoms with Gasteiger partial charge in [-0.25, -0.2) is 0 Å². The van der Waals surface area contributed by atoms with Gasteiger partial charge in [-0.2, -0.15) is 0 Å². The van der Waals surface area contributed by atoms with Crippen molar-refractivity contribution in [2.75, 3.05) is 26.2 Å². The van der Waals surface area contributed by atoms with E-state index in [1.165, 1.54) is 50.5 Å². The largest absolute Gasteiger partial charge is 0.346 e. The quantitative estimate of drug-likeness (QED) is 0.351. The third-order valence-electron chi connectivity index (χ3n) is 5.14. The summed E-state index contributed by atoms with van der Waals surface area (Å²) in [5.74, 6) is 0.729. The first-order chi connectivity index (χ1) is 15.1. The molecule has 5 heteroatoms. The molecule has 1 unspecified atom stereocenters. The molecule has 1 fully saturated rings. The molecule has 1 heterocycles. The van der Waals surface area contributed by atoms with Crippen LogP contribution in [0.5, 0.6) is 0 Å². The highest BCUT2D eigenvalue weighted by Gasteiger charge is 2.09. The van der Waals surface area contributed by atoms with Crippen LogP contribution in [0.4, 0.5) is 0 Å². The normalized spacial score (nSPS) is 12.8. The van der Waals surface area contributed by atoms with Gasteiger partial charge in [-0.3, -0.25) is 9.59 Å². The van der Waals surface area contributed by atoms with Crippen molar-refractivity contribution in [2.45, 2.75) is 92.4 Å². The molecular weight excluding hydrogens is 408 g/mol. The molecule has 2 rings (SSSR count). The lowest BCUT2D eigenvalue weighted by Crippen LogP contribution is -2.19. The molecule has 1 aromatic carbocycles. The minimum absolute atomic E-state index is 0.729. The zero-order valence-corrected chi connectivity index (χ0v) is 21.7. The summed E-state index contributed by atoms with van der Waals surface area (Å²) in [6.45, 7) is 16.0. The van der Waals surface area contributed by atoms with Crippen molar-refractivity contribution in [1.29, 1.82) is 0 Å². The molecule has 31 heavy (non-hydrogen) atoms. The SMILES string of the molecule is CC.CCCCC(CCC)c1ccc(Cl)cc1.CCN(C=O)CC.O=CN1CCCC1. The molecule has 1 aliphatic heterocycles. The van der Waals surface area contributed by atoms with Crippen LogP contribution in [0.1, 0.15) is 98.0 Å². The number of hydrogen-bond donors (Lipinski definition) is 0. The van der Waals surface area contributed by atoms with Crippen molar-refractivity contribution in [3.63, 3.8) is 0 Å². The van der Waals surface area contributed by atoms with E-state index in [-0.39, 0.29) is 0 Å². The first-order valence-corrected chi connectivity index (χ1v) is 12.6. The van der Waals surface area contributed by atoms with Gasteiger partial charge in [-0.1, -0.05) is 70.7 Å². The second kappa shape index (κ2) is 23.1. The molecule has 0 bridgehead atoms. The van der Waals surface area contributed by atoms with Gasteiger partial charge in [-0.15, -0.1) is 0 Å². The zero-order valence-electron chi connectivity index (χ0n) is 20.9. The predicted octanol–water partition coefficient (Wildman–Crippen LogP) is 7.16. The molecule has 0 N–H and O–H groups in total. The summed E-state index contributed by atoms with van der Waals surface area (Å²) in [5.41, 5.74) is 1.45. The maximum absolute atomic E-state index is 9.93. The number of benzene rings is 1. The molecule has 1 atom stereocenters. The Balaban J connectivity index is 0. The highest BCUT2D eigenvalue weighted by Crippen LogP contribution is 2.27. The van der Waals surface area contributed by atoms with Gasteiger partial charge in [0, 0.05) is 31.2 Å². The van der Waals surface area contributed by atoms with Crippen molar-refractivity contribution in [2.24, 2.45) is 0 Å². The number of rotatable bonds is 10. The number of carbonyl (C=O) groups is 2. The minimum atomic E-state index is 0.729. The lowest BCUT2D eigenvalue weighted by atomic mass is 9.90. The van der Waals surface area contributed by atoms with Gasteiger partial charge in [0.2, 0.25) is 12.8 Å². The Bertz CT molecular complexity index is 507. The molecule has 0 radical (unpaired) electrons. The van der Waals surface area contributed by atoms with Crippen molar-refractivity contribution in [3.05, 3.63) is 34.9 Å². The van der Waals surface area contributed by atoms with Crippen molar-refractivity contribution in [3.8, 4) is 0 Å². The van der Waals surface area contributed by atoms with Crippen LogP contribution < -0.4 is 0 Å². The molecule has 2 amide bonds. The Morgan fingerprint density at radius 3 is 1.81 bits per heavy atom. The van der Waals surface area contributed by atoms with E-state index in [1.807, 2.05) is 39.8 Å². The van der Waals surface area contributed by atoms with E-state index in [4.69, 9.17) is 11.6 Å². The van der Waals surface area contributed by atoms with Gasteiger partial charge in [0.15, 0.2) is 0 Å². The van der Waals surface area contributed by atoms with Crippen molar-refractivity contribution >= 4 is 24.4 Å². The molecule has 0 aromatic heterocycles. The van der Waals surface area contributed by atoms with E-state index < -0.39 is 0 Å². The number of amides is 2. The molecule has 1 aromatic rings. The van der Waals surface area contributed by atoms with Crippen LogP contribution in [-0.2, 0) is 9.59 Å². The summed E-state index contributed by atoms with van der Waals surface area (Å²) in [6, 6.07) is 8.37. The number of carbonyl (C=O) groups excluding carboxylic acids is 2. The smallest absolute Gasteiger partial charge is 0.209 e. The van der Waals surface area contributed by atoms with Crippen LogP contribution in [0.15, 0.2) is 24.3 Å². The molecule has 0 spiro atoms. The fraction of sp³-hybridized carbons (Fsp3) is 0.692. The fourth-order valence-electron chi connectivity index (χ4n) is 3.23. The summed E-state index contributed by atoms with van der Waals surface area (Å²) in [6.07, 6.45) is 10.6. The van der Waals surface area contributed by atoms with E-state index in [1.54, 1.807) is 9.80 Å². The highest BCUT2D eigenvalue weighted by atomic mass is 35.5. The summed E-state index contributed by atoms with van der Waals surface area (Å²) in [7, 11) is 0. The Morgan fingerprint density at radius 1 is 0.935 bits per heavy atom. The lowest BCUT2D eigenvalue weighted by molar-refractivity contribution is -0.118. The van der Waals surface area contributed by atoms with Gasteiger partial charge in [0.25, 0.3) is 0 Å². The van der Waals surface area contributed by atoms with Crippen LogP contribution in [0.25, 0.3) is 0 Å². The zero-order chi connectivity index (χ0) is 23.9. The summed E-state index contributed by atoms with van der Waals surface area (Å²) in [4.78, 5) is 23.3. The van der Waals surface area contributed by atoms with E-state index >= 15 is 0 Å². The first kappa shape index (κ1) is 31.6. The standard InChI is InChI=1S/C14H21Cl.C5H9NO.C5H11NO.C2H6/c1-3-5-7-12(6-4-2)13-8-10-14(15)11-9-13;7-5-6-3-1-2-4-6;1-3-6(4-2)5-7;1-2/h8-12H,3-7H2,1-2H3;5H,1-4H2;5H,3-4H2,1-2H3;1-2H3. The maximum atomic E-state index is 9.93. The average molecular weight is 455 g/mol. The number of likely N-dealkylation sites (tertiary alicyclic amines) is 1. The third kappa shape index (κ3) is 16.8. The van der Waals surface area contributed by atoms with Crippen LogP contribution in [0.3, 0.4) is 0 Å². The molecule has 0 aliphatic carbocycles. The van der Waals surface area contributed by atoms with Gasteiger partial charge >= 0.3 is 0 Å². The Kier molecular flexibility index (Phi) is 23.6. The van der Waals surface area contributed by atoms with Crippen LogP contribution in [0.2, 0.25) is 5.02 Å². The van der Waals surface area contributed by atoms with Crippen molar-refractivity contribution < 1.29 is 9.59 Å². The molecular formula is C26H47ClN2O2. The lowest BCUT2D eigenvalue weighted by Gasteiger charge is -2.16. The topological polar surface area (TPSA) is 40.6 Å². The Morgan fingerprint density at radius 2 is 1.48 bits per heavy atom. The fourth-order valence-corrected chi connectivity index (χ4v) is 3.36. The van der Waals surface area contributed by atoms with Gasteiger partial charge in [0.05, 0.1) is 0 Å². The second-order valence-corrected chi connectivity index (χ2v) is 7.79. The molecule has 4 nitrogen and oxygen atoms in total. The van der Waals surface area contributed by atoms with Gasteiger partial charge < -0.3 is 9.80 Å². The Labute approximate surface area is 197 Å². The van der Waals surface area contributed by atoms with E-state index in [9.17, 15) is 9.59 Å². The van der Waals surface area contributed by atoms with Crippen LogP contribution >= 0.6 is 11.6 Å². The summed E-state index contributed by atoms with van der Waals surface area (Å²) in [5, 5.41) is 0.837. The molecule has 180 valence electrons. The van der Waals surface area contributed by atoms with Crippen molar-refractivity contribution in [1.82, 2.24) is 9.80 Å². The van der Waals surface area contributed by atoms with Crippen LogP contribution in [-0.4, -0.2) is 48.8 Å². The predicted molar refractivity (Wildman–Crippen MR) is 136 cm³/mol. The first-order valence-electron chi connectivity index (χ1n) is 12.2. The maximum Gasteiger partial charge on any atom is 0.209 e. The number of nitrogens with zero attached hydrogens (tertiary/aromatic N) is 2. The van der Waals surface area contributed by atoms with E-state index in [0.29, 0.717) is 0 Å². The van der Waals surface area contributed by atoms with Crippen LogP contribution in [0, 0.1) is 0 Å². The highest BCUT2D eigenvalue weighted by molar-refractivity contribution is 6.30. The average Bonchev–Trinajstić information content (AvgIpc) is 3.35. The summed E-state index contributed by atoms with van der Waals surface area (Å²) >= 11 is 5.90. The van der Waals surface area contributed by atoms with Gasteiger partial charge in [-0.05, 0) is 63.1 Å². The summed E-state index contributed by atoms with van der Waals surface area (Å²) < 4.78 is 0. The Hall–Kier alpha value is -1.55. The molecule has 1 saturated heterocycles. The van der Waals surface area contributed by atoms with E-state index in [2.05, 4.69) is 26.0 Å². The monoisotopic (exact) mass is 454 g/mol. The van der Waals surface area contributed by atoms with Gasteiger partial charge in [0.1, 0.15) is 0 Å².